The van der Waals surface area contributed by atoms with Gasteiger partial charge in [0, 0.05) is 18.5 Å². The molecule has 1 N–H and O–H groups in total. The third kappa shape index (κ3) is 4.45. The maximum atomic E-state index is 9.54. The SMILES string of the molecule is CCCCOc1cccc2ccc(CCN(O)CC)cc12. The molecule has 0 heterocycles. The Labute approximate surface area is 127 Å². The summed E-state index contributed by atoms with van der Waals surface area (Å²) in [4.78, 5) is 0. The quantitative estimate of drug-likeness (QED) is 0.581. The Morgan fingerprint density at radius 2 is 2.00 bits per heavy atom. The molecule has 0 bridgehead atoms. The van der Waals surface area contributed by atoms with E-state index in [2.05, 4.69) is 31.2 Å². The van der Waals surface area contributed by atoms with E-state index in [1.165, 1.54) is 16.0 Å². The van der Waals surface area contributed by atoms with Crippen LogP contribution >= 0.6 is 0 Å². The van der Waals surface area contributed by atoms with E-state index in [1.807, 2.05) is 19.1 Å². The second-order valence-corrected chi connectivity index (χ2v) is 5.31. The molecule has 2 aromatic rings. The summed E-state index contributed by atoms with van der Waals surface area (Å²) in [5.74, 6) is 0.958. The number of nitrogens with zero attached hydrogens (tertiary/aromatic N) is 1. The fourth-order valence-corrected chi connectivity index (χ4v) is 2.32. The fourth-order valence-electron chi connectivity index (χ4n) is 2.32. The maximum Gasteiger partial charge on any atom is 0.127 e. The first-order valence-corrected chi connectivity index (χ1v) is 7.83. The van der Waals surface area contributed by atoms with Gasteiger partial charge in [-0.25, -0.2) is 0 Å². The molecule has 0 saturated carbocycles. The van der Waals surface area contributed by atoms with Gasteiger partial charge < -0.3 is 9.94 Å². The molecule has 2 rings (SSSR count). The summed E-state index contributed by atoms with van der Waals surface area (Å²) in [5.41, 5.74) is 1.22. The molecule has 3 heteroatoms. The molecular formula is C18H25NO2. The number of hydrogen-bond donors (Lipinski definition) is 1. The minimum Gasteiger partial charge on any atom is -0.493 e. The number of unbranched alkanes of at least 4 members (excludes halogenated alkanes) is 1. The van der Waals surface area contributed by atoms with E-state index in [9.17, 15) is 5.21 Å². The predicted molar refractivity (Wildman–Crippen MR) is 87.1 cm³/mol. The highest BCUT2D eigenvalue weighted by molar-refractivity contribution is 5.88. The summed E-state index contributed by atoms with van der Waals surface area (Å²) in [5, 5.41) is 13.2. The van der Waals surface area contributed by atoms with E-state index < -0.39 is 0 Å². The van der Waals surface area contributed by atoms with Gasteiger partial charge in [0.25, 0.3) is 0 Å². The molecule has 0 spiro atoms. The Bertz CT molecular complexity index is 568. The molecule has 0 aliphatic rings. The lowest BCUT2D eigenvalue weighted by atomic mass is 10.0. The van der Waals surface area contributed by atoms with Crippen molar-refractivity contribution >= 4 is 10.8 Å². The van der Waals surface area contributed by atoms with Crippen LogP contribution in [0.2, 0.25) is 0 Å². The molecule has 0 fully saturated rings. The first-order valence-electron chi connectivity index (χ1n) is 7.83. The number of benzene rings is 2. The smallest absolute Gasteiger partial charge is 0.127 e. The average Bonchev–Trinajstić information content (AvgIpc) is 2.53. The van der Waals surface area contributed by atoms with E-state index in [4.69, 9.17) is 4.74 Å². The van der Waals surface area contributed by atoms with Crippen molar-refractivity contribution < 1.29 is 9.94 Å². The molecule has 3 nitrogen and oxygen atoms in total. The van der Waals surface area contributed by atoms with Crippen molar-refractivity contribution in [2.45, 2.75) is 33.1 Å². The van der Waals surface area contributed by atoms with Crippen LogP contribution in [-0.4, -0.2) is 30.0 Å². The highest BCUT2D eigenvalue weighted by atomic mass is 16.5. The van der Waals surface area contributed by atoms with Gasteiger partial charge in [0.1, 0.15) is 5.75 Å². The van der Waals surface area contributed by atoms with Crippen molar-refractivity contribution in [3.63, 3.8) is 0 Å². The number of fused-ring (bicyclic) bond motifs is 1. The van der Waals surface area contributed by atoms with Crippen LogP contribution in [-0.2, 0) is 6.42 Å². The zero-order chi connectivity index (χ0) is 15.1. The normalized spacial score (nSPS) is 11.2. The summed E-state index contributed by atoms with van der Waals surface area (Å²) >= 11 is 0. The molecular weight excluding hydrogens is 262 g/mol. The van der Waals surface area contributed by atoms with Crippen molar-refractivity contribution in [1.82, 2.24) is 5.06 Å². The average molecular weight is 287 g/mol. The molecule has 0 amide bonds. The Kier molecular flexibility index (Phi) is 6.03. The number of hydrogen-bond acceptors (Lipinski definition) is 3. The van der Waals surface area contributed by atoms with Gasteiger partial charge >= 0.3 is 0 Å². The van der Waals surface area contributed by atoms with Crippen molar-refractivity contribution in [3.8, 4) is 5.75 Å². The van der Waals surface area contributed by atoms with Crippen LogP contribution in [0.3, 0.4) is 0 Å². The monoisotopic (exact) mass is 287 g/mol. The van der Waals surface area contributed by atoms with Gasteiger partial charge in [-0.05, 0) is 35.9 Å². The van der Waals surface area contributed by atoms with Crippen molar-refractivity contribution in [3.05, 3.63) is 42.0 Å². The minimum atomic E-state index is 0.652. The van der Waals surface area contributed by atoms with Crippen LogP contribution < -0.4 is 4.74 Å². The molecule has 0 aromatic heterocycles. The lowest BCUT2D eigenvalue weighted by Gasteiger charge is -2.13. The molecule has 114 valence electrons. The van der Waals surface area contributed by atoms with Crippen LogP contribution in [0.25, 0.3) is 10.8 Å². The first kappa shape index (κ1) is 15.8. The van der Waals surface area contributed by atoms with Crippen molar-refractivity contribution in [1.29, 1.82) is 0 Å². The van der Waals surface area contributed by atoms with E-state index in [0.29, 0.717) is 13.1 Å². The highest BCUT2D eigenvalue weighted by Gasteiger charge is 2.05. The lowest BCUT2D eigenvalue weighted by molar-refractivity contribution is -0.0849. The number of hydroxylamine groups is 2. The molecule has 0 unspecified atom stereocenters. The van der Waals surface area contributed by atoms with Gasteiger partial charge in [0.05, 0.1) is 6.61 Å². The predicted octanol–water partition coefficient (Wildman–Crippen LogP) is 4.27. The van der Waals surface area contributed by atoms with Crippen LogP contribution in [0, 0.1) is 0 Å². The van der Waals surface area contributed by atoms with Crippen molar-refractivity contribution in [2.75, 3.05) is 19.7 Å². The van der Waals surface area contributed by atoms with Gasteiger partial charge in [-0.3, -0.25) is 0 Å². The van der Waals surface area contributed by atoms with Crippen LogP contribution in [0.5, 0.6) is 5.75 Å². The Balaban J connectivity index is 2.16. The fraction of sp³-hybridized carbons (Fsp3) is 0.444. The second-order valence-electron chi connectivity index (χ2n) is 5.31. The zero-order valence-electron chi connectivity index (χ0n) is 13.0. The van der Waals surface area contributed by atoms with Crippen LogP contribution in [0.1, 0.15) is 32.3 Å². The Morgan fingerprint density at radius 1 is 1.14 bits per heavy atom. The van der Waals surface area contributed by atoms with Gasteiger partial charge in [-0.1, -0.05) is 44.5 Å². The molecule has 0 saturated heterocycles. The van der Waals surface area contributed by atoms with E-state index in [-0.39, 0.29) is 0 Å². The number of ether oxygens (including phenoxy) is 1. The zero-order valence-corrected chi connectivity index (χ0v) is 13.0. The first-order chi connectivity index (χ1) is 10.2. The van der Waals surface area contributed by atoms with E-state index in [1.54, 1.807) is 0 Å². The number of rotatable bonds is 8. The molecule has 0 aliphatic carbocycles. The van der Waals surface area contributed by atoms with Gasteiger partial charge in [-0.15, -0.1) is 0 Å². The molecule has 21 heavy (non-hydrogen) atoms. The Morgan fingerprint density at radius 3 is 2.76 bits per heavy atom. The molecule has 0 atom stereocenters. The van der Waals surface area contributed by atoms with E-state index >= 15 is 0 Å². The van der Waals surface area contributed by atoms with E-state index in [0.717, 1.165) is 37.0 Å². The molecule has 2 aromatic carbocycles. The van der Waals surface area contributed by atoms with Crippen LogP contribution in [0.4, 0.5) is 0 Å². The highest BCUT2D eigenvalue weighted by Crippen LogP contribution is 2.27. The Hall–Kier alpha value is -1.58. The summed E-state index contributed by atoms with van der Waals surface area (Å²) < 4.78 is 5.90. The number of likely N-dealkylation sites (N-methyl/N-ethyl adjacent to an activating group) is 1. The summed E-state index contributed by atoms with van der Waals surface area (Å²) in [6.07, 6.45) is 3.05. The largest absolute Gasteiger partial charge is 0.493 e. The summed E-state index contributed by atoms with van der Waals surface area (Å²) in [6.45, 7) is 6.18. The van der Waals surface area contributed by atoms with Gasteiger partial charge in [0.2, 0.25) is 0 Å². The minimum absolute atomic E-state index is 0.652. The summed E-state index contributed by atoms with van der Waals surface area (Å²) in [7, 11) is 0. The third-order valence-corrected chi connectivity index (χ3v) is 3.69. The maximum absolute atomic E-state index is 9.54. The third-order valence-electron chi connectivity index (χ3n) is 3.69. The lowest BCUT2D eigenvalue weighted by Crippen LogP contribution is -2.21. The van der Waals surface area contributed by atoms with Gasteiger partial charge in [-0.2, -0.15) is 5.06 Å². The topological polar surface area (TPSA) is 32.7 Å². The molecule has 0 aliphatic heterocycles. The van der Waals surface area contributed by atoms with Crippen molar-refractivity contribution in [2.24, 2.45) is 0 Å². The molecule has 0 radical (unpaired) electrons. The summed E-state index contributed by atoms with van der Waals surface area (Å²) in [6, 6.07) is 12.6. The second kappa shape index (κ2) is 8.01. The van der Waals surface area contributed by atoms with Crippen LogP contribution in [0.15, 0.2) is 36.4 Å². The van der Waals surface area contributed by atoms with Gasteiger partial charge in [0.15, 0.2) is 0 Å². The standard InChI is InChI=1S/C18H25NO2/c1-3-5-13-21-18-8-6-7-16-10-9-15(14-17(16)18)11-12-19(20)4-2/h6-10,14,20H,3-5,11-13H2,1-2H3.